The second-order valence-electron chi connectivity index (χ2n) is 5.90. The van der Waals surface area contributed by atoms with Gasteiger partial charge in [0.15, 0.2) is 5.76 Å². The Kier molecular flexibility index (Phi) is 4.18. The van der Waals surface area contributed by atoms with Crippen molar-refractivity contribution in [1.29, 1.82) is 0 Å². The fraction of sp³-hybridized carbons (Fsp3) is 0.158. The zero-order chi connectivity index (χ0) is 17.1. The molecule has 0 atom stereocenters. The highest BCUT2D eigenvalue weighted by atomic mass is 16.3. The highest BCUT2D eigenvalue weighted by molar-refractivity contribution is 5.56. The molecule has 4 rings (SSSR count). The number of aromatic nitrogens is 4. The Labute approximate surface area is 145 Å². The smallest absolute Gasteiger partial charge is 0.152 e. The Balaban J connectivity index is 1.38. The van der Waals surface area contributed by atoms with Crippen molar-refractivity contribution < 1.29 is 4.42 Å². The van der Waals surface area contributed by atoms with Gasteiger partial charge in [-0.05, 0) is 42.8 Å². The summed E-state index contributed by atoms with van der Waals surface area (Å²) < 4.78 is 7.52. The Morgan fingerprint density at radius 3 is 2.72 bits per heavy atom. The van der Waals surface area contributed by atoms with E-state index < -0.39 is 0 Å². The first-order valence-electron chi connectivity index (χ1n) is 8.18. The van der Waals surface area contributed by atoms with Crippen molar-refractivity contribution in [2.75, 3.05) is 0 Å². The van der Waals surface area contributed by atoms with Crippen LogP contribution in [0.4, 0.5) is 0 Å². The van der Waals surface area contributed by atoms with Gasteiger partial charge in [0.05, 0.1) is 11.9 Å². The lowest BCUT2D eigenvalue weighted by Gasteiger charge is -2.06. The summed E-state index contributed by atoms with van der Waals surface area (Å²) in [6.07, 6.45) is 5.55. The van der Waals surface area contributed by atoms with Crippen LogP contribution in [-0.2, 0) is 13.1 Å². The van der Waals surface area contributed by atoms with Crippen LogP contribution in [0.25, 0.3) is 17.1 Å². The van der Waals surface area contributed by atoms with E-state index in [1.807, 2.05) is 42.2 Å². The summed E-state index contributed by atoms with van der Waals surface area (Å²) in [6, 6.07) is 14.2. The average Bonchev–Trinajstić information content (AvgIpc) is 3.37. The Bertz CT molecular complexity index is 935. The van der Waals surface area contributed by atoms with Crippen LogP contribution in [-0.4, -0.2) is 20.0 Å². The third-order valence-electron chi connectivity index (χ3n) is 4.05. The fourth-order valence-corrected chi connectivity index (χ4v) is 2.76. The largest absolute Gasteiger partial charge is 0.460 e. The van der Waals surface area contributed by atoms with Crippen molar-refractivity contribution >= 4 is 0 Å². The third-order valence-corrected chi connectivity index (χ3v) is 4.05. The van der Waals surface area contributed by atoms with E-state index in [1.54, 1.807) is 6.20 Å². The predicted octanol–water partition coefficient (Wildman–Crippen LogP) is 3.45. The molecule has 2 N–H and O–H groups in total. The standard InChI is InChI=1S/C19H19N5O/c1-14-3-8-18(25-14)19-16(13-21-23-19)12-20-11-15-4-6-17(7-5-15)24-10-2-9-22-24/h2-10,13,20H,11-12H2,1H3,(H,21,23). The monoisotopic (exact) mass is 333 g/mol. The zero-order valence-corrected chi connectivity index (χ0v) is 13.9. The molecule has 6 nitrogen and oxygen atoms in total. The number of hydrogen-bond acceptors (Lipinski definition) is 4. The molecule has 126 valence electrons. The second-order valence-corrected chi connectivity index (χ2v) is 5.90. The fourth-order valence-electron chi connectivity index (χ4n) is 2.76. The minimum Gasteiger partial charge on any atom is -0.460 e. The average molecular weight is 333 g/mol. The predicted molar refractivity (Wildman–Crippen MR) is 95.1 cm³/mol. The van der Waals surface area contributed by atoms with Crippen LogP contribution in [0.5, 0.6) is 0 Å². The first-order valence-corrected chi connectivity index (χ1v) is 8.18. The number of furan rings is 1. The van der Waals surface area contributed by atoms with Crippen LogP contribution in [0.1, 0.15) is 16.9 Å². The normalized spacial score (nSPS) is 11.1. The molecule has 0 spiro atoms. The molecule has 0 radical (unpaired) electrons. The van der Waals surface area contributed by atoms with Crippen LogP contribution < -0.4 is 5.32 Å². The van der Waals surface area contributed by atoms with Crippen LogP contribution >= 0.6 is 0 Å². The van der Waals surface area contributed by atoms with Crippen molar-refractivity contribution in [3.8, 4) is 17.1 Å². The minimum atomic E-state index is 0.715. The quantitative estimate of drug-likeness (QED) is 0.567. The van der Waals surface area contributed by atoms with Gasteiger partial charge in [-0.25, -0.2) is 4.68 Å². The highest BCUT2D eigenvalue weighted by Crippen LogP contribution is 2.23. The summed E-state index contributed by atoms with van der Waals surface area (Å²) in [5, 5.41) is 14.8. The third kappa shape index (κ3) is 3.39. The lowest BCUT2D eigenvalue weighted by molar-refractivity contribution is 0.545. The van der Waals surface area contributed by atoms with Gasteiger partial charge in [-0.15, -0.1) is 0 Å². The van der Waals surface area contributed by atoms with E-state index in [2.05, 4.69) is 44.9 Å². The van der Waals surface area contributed by atoms with Crippen molar-refractivity contribution in [2.45, 2.75) is 20.0 Å². The number of H-pyrrole nitrogens is 1. The number of rotatable bonds is 6. The van der Waals surface area contributed by atoms with Crippen molar-refractivity contribution in [3.63, 3.8) is 0 Å². The first-order chi connectivity index (χ1) is 12.3. The maximum absolute atomic E-state index is 5.67. The van der Waals surface area contributed by atoms with Gasteiger partial charge >= 0.3 is 0 Å². The topological polar surface area (TPSA) is 71.7 Å². The number of aryl methyl sites for hydroxylation is 1. The molecule has 0 saturated heterocycles. The van der Waals surface area contributed by atoms with Crippen molar-refractivity contribution in [3.05, 3.63) is 77.9 Å². The molecule has 3 heterocycles. The summed E-state index contributed by atoms with van der Waals surface area (Å²) in [6.45, 7) is 3.43. The van der Waals surface area contributed by atoms with Gasteiger partial charge in [-0.3, -0.25) is 5.10 Å². The van der Waals surface area contributed by atoms with E-state index in [0.717, 1.165) is 35.0 Å². The zero-order valence-electron chi connectivity index (χ0n) is 13.9. The van der Waals surface area contributed by atoms with E-state index in [-0.39, 0.29) is 0 Å². The van der Waals surface area contributed by atoms with Crippen LogP contribution in [0.15, 0.2) is 65.5 Å². The number of benzene rings is 1. The highest BCUT2D eigenvalue weighted by Gasteiger charge is 2.10. The summed E-state index contributed by atoms with van der Waals surface area (Å²) in [5.41, 5.74) is 4.28. The van der Waals surface area contributed by atoms with Crippen LogP contribution in [0.2, 0.25) is 0 Å². The molecular weight excluding hydrogens is 314 g/mol. The molecule has 0 amide bonds. The summed E-state index contributed by atoms with van der Waals surface area (Å²) in [4.78, 5) is 0. The van der Waals surface area contributed by atoms with E-state index in [4.69, 9.17) is 4.42 Å². The van der Waals surface area contributed by atoms with E-state index in [0.29, 0.717) is 6.54 Å². The first kappa shape index (κ1) is 15.4. The van der Waals surface area contributed by atoms with E-state index >= 15 is 0 Å². The maximum atomic E-state index is 5.67. The molecule has 3 aromatic heterocycles. The molecule has 6 heteroatoms. The number of hydrogen-bond donors (Lipinski definition) is 2. The molecular formula is C19H19N5O. The van der Waals surface area contributed by atoms with Crippen LogP contribution in [0, 0.1) is 6.92 Å². The lowest BCUT2D eigenvalue weighted by atomic mass is 10.2. The van der Waals surface area contributed by atoms with Gasteiger partial charge in [0.2, 0.25) is 0 Å². The minimum absolute atomic E-state index is 0.715. The molecule has 0 aliphatic rings. The molecule has 4 aromatic rings. The summed E-state index contributed by atoms with van der Waals surface area (Å²) >= 11 is 0. The van der Waals surface area contributed by atoms with Gasteiger partial charge in [-0.1, -0.05) is 12.1 Å². The van der Waals surface area contributed by atoms with Crippen molar-refractivity contribution in [2.24, 2.45) is 0 Å². The van der Waals surface area contributed by atoms with Gasteiger partial charge < -0.3 is 9.73 Å². The van der Waals surface area contributed by atoms with Crippen LogP contribution in [0.3, 0.4) is 0 Å². The molecule has 0 unspecified atom stereocenters. The molecule has 0 aliphatic carbocycles. The van der Waals surface area contributed by atoms with E-state index in [1.165, 1.54) is 5.56 Å². The molecule has 0 fully saturated rings. The van der Waals surface area contributed by atoms with Gasteiger partial charge in [0.25, 0.3) is 0 Å². The summed E-state index contributed by atoms with van der Waals surface area (Å²) in [7, 11) is 0. The van der Waals surface area contributed by atoms with Crippen molar-refractivity contribution in [1.82, 2.24) is 25.3 Å². The Morgan fingerprint density at radius 1 is 1.12 bits per heavy atom. The number of aromatic amines is 1. The van der Waals surface area contributed by atoms with Gasteiger partial charge in [0.1, 0.15) is 11.5 Å². The van der Waals surface area contributed by atoms with Gasteiger partial charge in [-0.2, -0.15) is 10.2 Å². The van der Waals surface area contributed by atoms with E-state index in [9.17, 15) is 0 Å². The SMILES string of the molecule is Cc1ccc(-c2[nH]ncc2CNCc2ccc(-n3cccn3)cc2)o1. The molecule has 0 saturated carbocycles. The number of nitrogens with zero attached hydrogens (tertiary/aromatic N) is 3. The Hall–Kier alpha value is -3.12. The second kappa shape index (κ2) is 6.78. The Morgan fingerprint density at radius 2 is 2.00 bits per heavy atom. The number of nitrogens with one attached hydrogen (secondary N) is 2. The van der Waals surface area contributed by atoms with Gasteiger partial charge in [0, 0.05) is 31.0 Å². The molecule has 0 aliphatic heterocycles. The molecule has 1 aromatic carbocycles. The molecule has 25 heavy (non-hydrogen) atoms. The summed E-state index contributed by atoms with van der Waals surface area (Å²) in [5.74, 6) is 1.70. The maximum Gasteiger partial charge on any atom is 0.152 e. The molecule has 0 bridgehead atoms. The lowest BCUT2D eigenvalue weighted by Crippen LogP contribution is -2.12.